The molecular formula is C18H19F3N2O3. The molecule has 1 N–H and O–H groups in total. The second kappa shape index (κ2) is 8.16. The van der Waals surface area contributed by atoms with Gasteiger partial charge in [-0.3, -0.25) is 9.59 Å². The Morgan fingerprint density at radius 2 is 1.96 bits per heavy atom. The monoisotopic (exact) mass is 368 g/mol. The van der Waals surface area contributed by atoms with Gasteiger partial charge in [0.05, 0.1) is 0 Å². The SMILES string of the molecule is Cc1nc(C(=O)C[C@@H](c2ccc(OC(F)F)c(F)c2)C(C)C)cc(=O)[nH]1. The molecule has 0 radical (unpaired) electrons. The molecule has 8 heteroatoms. The molecule has 0 saturated carbocycles. The predicted molar refractivity (Wildman–Crippen MR) is 89.2 cm³/mol. The number of carbonyl (C=O) groups is 1. The highest BCUT2D eigenvalue weighted by Crippen LogP contribution is 2.32. The molecule has 1 atom stereocenters. The van der Waals surface area contributed by atoms with Crippen LogP contribution in [0.5, 0.6) is 5.75 Å². The molecule has 0 spiro atoms. The van der Waals surface area contributed by atoms with Gasteiger partial charge in [0.15, 0.2) is 17.3 Å². The van der Waals surface area contributed by atoms with E-state index in [4.69, 9.17) is 0 Å². The zero-order chi connectivity index (χ0) is 19.4. The van der Waals surface area contributed by atoms with E-state index < -0.39 is 23.7 Å². The summed E-state index contributed by atoms with van der Waals surface area (Å²) in [5, 5.41) is 0. The van der Waals surface area contributed by atoms with Gasteiger partial charge in [-0.2, -0.15) is 8.78 Å². The van der Waals surface area contributed by atoms with E-state index in [1.807, 2.05) is 13.8 Å². The predicted octanol–water partition coefficient (Wildman–Crippen LogP) is 3.83. The van der Waals surface area contributed by atoms with Gasteiger partial charge in [-0.15, -0.1) is 0 Å². The number of hydrogen-bond acceptors (Lipinski definition) is 4. The summed E-state index contributed by atoms with van der Waals surface area (Å²) in [6, 6.07) is 4.78. The van der Waals surface area contributed by atoms with Gasteiger partial charge in [-0.1, -0.05) is 19.9 Å². The van der Waals surface area contributed by atoms with Crippen LogP contribution >= 0.6 is 0 Å². The summed E-state index contributed by atoms with van der Waals surface area (Å²) in [5.41, 5.74) is 0.0885. The van der Waals surface area contributed by atoms with E-state index in [-0.39, 0.29) is 29.7 Å². The molecular weight excluding hydrogens is 349 g/mol. The minimum atomic E-state index is -3.12. The van der Waals surface area contributed by atoms with E-state index in [0.29, 0.717) is 11.4 Å². The number of Topliss-reactive ketones (excluding diaryl/α,β-unsaturated/α-hetero) is 1. The lowest BCUT2D eigenvalue weighted by Crippen LogP contribution is -2.18. The maximum atomic E-state index is 14.0. The normalized spacial score (nSPS) is 12.5. The standard InChI is InChI=1S/C18H19F3N2O3/c1-9(2)12(7-15(24)14-8-17(25)23-10(3)22-14)11-4-5-16(13(19)6-11)26-18(20)21/h4-6,8-9,12,18H,7H2,1-3H3,(H,22,23,25)/t12-/m1/s1. The summed E-state index contributed by atoms with van der Waals surface area (Å²) in [5.74, 6) is -1.93. The van der Waals surface area contributed by atoms with Gasteiger partial charge in [-0.25, -0.2) is 9.37 Å². The van der Waals surface area contributed by atoms with Crippen LogP contribution in [-0.4, -0.2) is 22.4 Å². The number of halogens is 3. The molecule has 1 aromatic carbocycles. The molecule has 140 valence electrons. The minimum Gasteiger partial charge on any atom is -0.432 e. The van der Waals surface area contributed by atoms with Gasteiger partial charge in [0.2, 0.25) is 0 Å². The van der Waals surface area contributed by atoms with Crippen LogP contribution < -0.4 is 10.3 Å². The van der Waals surface area contributed by atoms with E-state index >= 15 is 0 Å². The molecule has 2 rings (SSSR count). The molecule has 0 bridgehead atoms. The van der Waals surface area contributed by atoms with Crippen LogP contribution in [0, 0.1) is 18.7 Å². The summed E-state index contributed by atoms with van der Waals surface area (Å²) in [6.07, 6.45) is 0.00203. The van der Waals surface area contributed by atoms with E-state index in [2.05, 4.69) is 14.7 Å². The van der Waals surface area contributed by atoms with Crippen molar-refractivity contribution in [2.45, 2.75) is 39.7 Å². The average molecular weight is 368 g/mol. The lowest BCUT2D eigenvalue weighted by molar-refractivity contribution is -0.0522. The second-order valence-corrected chi connectivity index (χ2v) is 6.26. The summed E-state index contributed by atoms with van der Waals surface area (Å²) in [4.78, 5) is 30.5. The second-order valence-electron chi connectivity index (χ2n) is 6.26. The Bertz CT molecular complexity index is 850. The Morgan fingerprint density at radius 3 is 2.50 bits per heavy atom. The summed E-state index contributed by atoms with van der Waals surface area (Å²) < 4.78 is 42.6. The van der Waals surface area contributed by atoms with E-state index in [9.17, 15) is 22.8 Å². The lowest BCUT2D eigenvalue weighted by atomic mass is 9.84. The van der Waals surface area contributed by atoms with Crippen molar-refractivity contribution in [1.82, 2.24) is 9.97 Å². The van der Waals surface area contributed by atoms with Crippen LogP contribution in [0.3, 0.4) is 0 Å². The molecule has 5 nitrogen and oxygen atoms in total. The third kappa shape index (κ3) is 4.93. The third-order valence-electron chi connectivity index (χ3n) is 3.96. The van der Waals surface area contributed by atoms with Gasteiger partial charge >= 0.3 is 6.61 Å². The van der Waals surface area contributed by atoms with Crippen molar-refractivity contribution < 1.29 is 22.7 Å². The van der Waals surface area contributed by atoms with Crippen molar-refractivity contribution in [2.24, 2.45) is 5.92 Å². The molecule has 0 fully saturated rings. The number of rotatable bonds is 7. The zero-order valence-electron chi connectivity index (χ0n) is 14.6. The minimum absolute atomic E-state index is 0.00203. The number of aromatic nitrogens is 2. The number of aromatic amines is 1. The molecule has 1 aromatic heterocycles. The summed E-state index contributed by atoms with van der Waals surface area (Å²) in [7, 11) is 0. The Kier molecular flexibility index (Phi) is 6.18. The Labute approximate surface area is 148 Å². The number of nitrogens with one attached hydrogen (secondary N) is 1. The molecule has 26 heavy (non-hydrogen) atoms. The highest BCUT2D eigenvalue weighted by molar-refractivity contribution is 5.94. The van der Waals surface area contributed by atoms with Gasteiger partial charge in [0.1, 0.15) is 11.5 Å². The molecule has 0 unspecified atom stereocenters. The molecule has 1 heterocycles. The molecule has 2 aromatic rings. The fourth-order valence-electron chi connectivity index (χ4n) is 2.70. The van der Waals surface area contributed by atoms with Crippen LogP contribution in [0.15, 0.2) is 29.1 Å². The van der Waals surface area contributed by atoms with Crippen molar-refractivity contribution in [3.63, 3.8) is 0 Å². The first-order valence-electron chi connectivity index (χ1n) is 8.02. The number of H-pyrrole nitrogens is 1. The van der Waals surface area contributed by atoms with Crippen LogP contribution in [0.4, 0.5) is 13.2 Å². The first-order valence-corrected chi connectivity index (χ1v) is 8.02. The van der Waals surface area contributed by atoms with Crippen molar-refractivity contribution in [3.8, 4) is 5.75 Å². The van der Waals surface area contributed by atoms with E-state index in [1.54, 1.807) is 6.92 Å². The number of benzene rings is 1. The van der Waals surface area contributed by atoms with Gasteiger partial charge in [0, 0.05) is 12.5 Å². The van der Waals surface area contributed by atoms with Crippen molar-refractivity contribution in [1.29, 1.82) is 0 Å². The largest absolute Gasteiger partial charge is 0.432 e. The number of carbonyl (C=O) groups excluding carboxylic acids is 1. The summed E-state index contributed by atoms with van der Waals surface area (Å²) >= 11 is 0. The highest BCUT2D eigenvalue weighted by atomic mass is 19.3. The molecule has 0 amide bonds. The van der Waals surface area contributed by atoms with Gasteiger partial charge in [-0.05, 0) is 36.5 Å². The van der Waals surface area contributed by atoms with Crippen LogP contribution in [-0.2, 0) is 0 Å². The first kappa shape index (κ1) is 19.7. The van der Waals surface area contributed by atoms with Gasteiger partial charge < -0.3 is 9.72 Å². The van der Waals surface area contributed by atoms with Crippen molar-refractivity contribution in [2.75, 3.05) is 0 Å². The number of aryl methyl sites for hydroxylation is 1. The van der Waals surface area contributed by atoms with E-state index in [0.717, 1.165) is 18.2 Å². The Hall–Kier alpha value is -2.64. The van der Waals surface area contributed by atoms with Gasteiger partial charge in [0.25, 0.3) is 5.56 Å². The lowest BCUT2D eigenvalue weighted by Gasteiger charge is -2.21. The maximum Gasteiger partial charge on any atom is 0.387 e. The van der Waals surface area contributed by atoms with Crippen LogP contribution in [0.25, 0.3) is 0 Å². The molecule has 0 aliphatic rings. The number of ether oxygens (including phenoxy) is 1. The number of alkyl halides is 2. The van der Waals surface area contributed by atoms with Crippen LogP contribution in [0.1, 0.15) is 48.1 Å². The Morgan fingerprint density at radius 1 is 1.27 bits per heavy atom. The van der Waals surface area contributed by atoms with E-state index in [1.165, 1.54) is 6.07 Å². The molecule has 0 aliphatic carbocycles. The number of nitrogens with zero attached hydrogens (tertiary/aromatic N) is 1. The fraction of sp³-hybridized carbons (Fsp3) is 0.389. The highest BCUT2D eigenvalue weighted by Gasteiger charge is 2.23. The molecule has 0 saturated heterocycles. The maximum absolute atomic E-state index is 14.0. The zero-order valence-corrected chi connectivity index (χ0v) is 14.6. The summed E-state index contributed by atoms with van der Waals surface area (Å²) in [6.45, 7) is 2.16. The van der Waals surface area contributed by atoms with Crippen molar-refractivity contribution >= 4 is 5.78 Å². The third-order valence-corrected chi connectivity index (χ3v) is 3.96. The smallest absolute Gasteiger partial charge is 0.387 e. The average Bonchev–Trinajstić information content (AvgIpc) is 2.52. The first-order chi connectivity index (χ1) is 12.2. The Balaban J connectivity index is 2.27. The van der Waals surface area contributed by atoms with Crippen molar-refractivity contribution in [3.05, 3.63) is 57.5 Å². The van der Waals surface area contributed by atoms with Crippen LogP contribution in [0.2, 0.25) is 0 Å². The molecule has 0 aliphatic heterocycles. The number of hydrogen-bond donors (Lipinski definition) is 1. The number of ketones is 1. The topological polar surface area (TPSA) is 72.0 Å². The quantitative estimate of drug-likeness (QED) is 0.754. The fourth-order valence-corrected chi connectivity index (χ4v) is 2.70.